The second-order valence-electron chi connectivity index (χ2n) is 3.35. The molecule has 74 valence electrons. The predicted molar refractivity (Wildman–Crippen MR) is 57.2 cm³/mol. The number of rotatable bonds is 4. The van der Waals surface area contributed by atoms with E-state index in [1.165, 1.54) is 6.08 Å². The van der Waals surface area contributed by atoms with Gasteiger partial charge >= 0.3 is 0 Å². The molecule has 0 aromatic rings. The van der Waals surface area contributed by atoms with Crippen LogP contribution in [0.2, 0.25) is 0 Å². The molecule has 0 saturated carbocycles. The molecule has 0 fully saturated rings. The number of hydrogen-bond donors (Lipinski definition) is 0. The lowest BCUT2D eigenvalue weighted by molar-refractivity contribution is 0.644. The Balaban J connectivity index is 4.26. The molecule has 0 spiro atoms. The zero-order valence-corrected chi connectivity index (χ0v) is 8.97. The zero-order valence-electron chi connectivity index (χ0n) is 8.97. The van der Waals surface area contributed by atoms with E-state index in [1.54, 1.807) is 6.08 Å². The van der Waals surface area contributed by atoms with E-state index in [-0.39, 0.29) is 11.7 Å². The normalized spacial score (nSPS) is 14.6. The van der Waals surface area contributed by atoms with E-state index in [2.05, 4.69) is 6.92 Å². The summed E-state index contributed by atoms with van der Waals surface area (Å²) in [7, 11) is 0. The monoisotopic (exact) mass is 182 g/mol. The van der Waals surface area contributed by atoms with E-state index in [9.17, 15) is 4.39 Å². The van der Waals surface area contributed by atoms with Crippen LogP contribution in [0.25, 0.3) is 0 Å². The molecule has 0 heterocycles. The number of halogens is 1. The van der Waals surface area contributed by atoms with Crippen molar-refractivity contribution < 1.29 is 4.39 Å². The van der Waals surface area contributed by atoms with Crippen molar-refractivity contribution >= 4 is 0 Å². The highest BCUT2D eigenvalue weighted by molar-refractivity contribution is 5.24. The molecule has 0 rings (SSSR count). The molecule has 1 heteroatoms. The molecule has 0 aliphatic carbocycles. The van der Waals surface area contributed by atoms with Crippen molar-refractivity contribution in [3.8, 4) is 0 Å². The molecule has 0 nitrogen and oxygen atoms in total. The van der Waals surface area contributed by atoms with Crippen LogP contribution < -0.4 is 0 Å². The van der Waals surface area contributed by atoms with E-state index >= 15 is 0 Å². The summed E-state index contributed by atoms with van der Waals surface area (Å²) in [5, 5.41) is 0. The van der Waals surface area contributed by atoms with Gasteiger partial charge < -0.3 is 0 Å². The maximum absolute atomic E-state index is 13.0. The summed E-state index contributed by atoms with van der Waals surface area (Å²) in [6.07, 6.45) is 7.91. The van der Waals surface area contributed by atoms with Gasteiger partial charge in [0.1, 0.15) is 5.83 Å². The Morgan fingerprint density at radius 1 is 1.31 bits per heavy atom. The van der Waals surface area contributed by atoms with Crippen molar-refractivity contribution in [3.05, 3.63) is 35.7 Å². The van der Waals surface area contributed by atoms with Crippen LogP contribution in [0.4, 0.5) is 4.39 Å². The Kier molecular flexibility index (Phi) is 6.21. The summed E-state index contributed by atoms with van der Waals surface area (Å²) in [5.74, 6) is 0.114. The molecule has 0 saturated heterocycles. The number of allylic oxidation sites excluding steroid dienone is 6. The maximum Gasteiger partial charge on any atom is 0.119 e. The maximum atomic E-state index is 13.0. The third-order valence-corrected chi connectivity index (χ3v) is 1.73. The minimum atomic E-state index is -0.150. The summed E-state index contributed by atoms with van der Waals surface area (Å²) in [4.78, 5) is 0. The molecule has 13 heavy (non-hydrogen) atoms. The van der Waals surface area contributed by atoms with Crippen LogP contribution in [0.1, 0.15) is 34.1 Å². The largest absolute Gasteiger partial charge is 0.207 e. The lowest BCUT2D eigenvalue weighted by Crippen LogP contribution is -1.80. The van der Waals surface area contributed by atoms with Crippen molar-refractivity contribution in [1.29, 1.82) is 0 Å². The average molecular weight is 182 g/mol. The Morgan fingerprint density at radius 2 is 1.92 bits per heavy atom. The van der Waals surface area contributed by atoms with Gasteiger partial charge in [-0.15, -0.1) is 0 Å². The molecular formula is C12H19F. The summed E-state index contributed by atoms with van der Waals surface area (Å²) in [6, 6.07) is 0. The molecular weight excluding hydrogens is 163 g/mol. The molecule has 0 radical (unpaired) electrons. The smallest absolute Gasteiger partial charge is 0.119 e. The van der Waals surface area contributed by atoms with Crippen LogP contribution in [0.3, 0.4) is 0 Å². The van der Waals surface area contributed by atoms with Crippen LogP contribution >= 0.6 is 0 Å². The standard InChI is InChI=1S/C12H19F/c1-5-11(6-2)7-8-12(13)9-10(3)4/h5,7-10H,6H2,1-4H3/b8-7-,11-5-,12-9-. The van der Waals surface area contributed by atoms with Crippen LogP contribution in [-0.2, 0) is 0 Å². The SMILES string of the molecule is C\C=C(/C=C\C(F)=C\C(C)C)CC. The lowest BCUT2D eigenvalue weighted by Gasteiger charge is -1.95. The molecule has 0 aliphatic heterocycles. The van der Waals surface area contributed by atoms with Gasteiger partial charge in [0, 0.05) is 0 Å². The highest BCUT2D eigenvalue weighted by Gasteiger charge is 1.91. The summed E-state index contributed by atoms with van der Waals surface area (Å²) >= 11 is 0. The Bertz CT molecular complexity index is 219. The summed E-state index contributed by atoms with van der Waals surface area (Å²) in [5.41, 5.74) is 1.16. The minimum Gasteiger partial charge on any atom is -0.207 e. The quantitative estimate of drug-likeness (QED) is 0.565. The van der Waals surface area contributed by atoms with Crippen LogP contribution in [-0.4, -0.2) is 0 Å². The first-order valence-corrected chi connectivity index (χ1v) is 4.80. The van der Waals surface area contributed by atoms with Gasteiger partial charge in [-0.25, -0.2) is 4.39 Å². The first kappa shape index (κ1) is 12.2. The van der Waals surface area contributed by atoms with Gasteiger partial charge in [-0.1, -0.05) is 38.5 Å². The van der Waals surface area contributed by atoms with Gasteiger partial charge in [-0.05, 0) is 31.4 Å². The van der Waals surface area contributed by atoms with Crippen molar-refractivity contribution in [1.82, 2.24) is 0 Å². The van der Waals surface area contributed by atoms with Gasteiger partial charge in [0.05, 0.1) is 0 Å². The highest BCUT2D eigenvalue weighted by Crippen LogP contribution is 2.08. The molecule has 0 bridgehead atoms. The number of hydrogen-bond acceptors (Lipinski definition) is 0. The van der Waals surface area contributed by atoms with Gasteiger partial charge in [-0.3, -0.25) is 0 Å². The lowest BCUT2D eigenvalue weighted by atomic mass is 10.1. The Morgan fingerprint density at radius 3 is 2.31 bits per heavy atom. The van der Waals surface area contributed by atoms with Crippen LogP contribution in [0.5, 0.6) is 0 Å². The zero-order chi connectivity index (χ0) is 10.3. The molecule has 0 aromatic heterocycles. The molecule has 0 aliphatic rings. The molecule has 0 atom stereocenters. The Hall–Kier alpha value is -0.850. The fourth-order valence-corrected chi connectivity index (χ4v) is 0.979. The first-order valence-electron chi connectivity index (χ1n) is 4.80. The molecule has 0 aromatic carbocycles. The van der Waals surface area contributed by atoms with E-state index in [4.69, 9.17) is 0 Å². The van der Waals surface area contributed by atoms with Crippen LogP contribution in [0, 0.1) is 5.92 Å². The van der Waals surface area contributed by atoms with Crippen molar-refractivity contribution in [2.24, 2.45) is 5.92 Å². The topological polar surface area (TPSA) is 0 Å². The van der Waals surface area contributed by atoms with E-state index in [0.29, 0.717) is 0 Å². The minimum absolute atomic E-state index is 0.150. The van der Waals surface area contributed by atoms with Gasteiger partial charge in [0.2, 0.25) is 0 Å². The summed E-state index contributed by atoms with van der Waals surface area (Å²) in [6.45, 7) is 7.95. The van der Waals surface area contributed by atoms with Gasteiger partial charge in [0.15, 0.2) is 0 Å². The molecule has 0 N–H and O–H groups in total. The second kappa shape index (κ2) is 6.64. The fourth-order valence-electron chi connectivity index (χ4n) is 0.979. The second-order valence-corrected chi connectivity index (χ2v) is 3.35. The average Bonchev–Trinajstić information content (AvgIpc) is 2.05. The van der Waals surface area contributed by atoms with Crippen molar-refractivity contribution in [3.63, 3.8) is 0 Å². The molecule has 0 amide bonds. The van der Waals surface area contributed by atoms with E-state index in [1.807, 2.05) is 32.9 Å². The van der Waals surface area contributed by atoms with E-state index < -0.39 is 0 Å². The molecule has 0 unspecified atom stereocenters. The van der Waals surface area contributed by atoms with Gasteiger partial charge in [0.25, 0.3) is 0 Å². The first-order chi connectivity index (χ1) is 6.10. The Labute approximate surface area is 80.9 Å². The van der Waals surface area contributed by atoms with Crippen molar-refractivity contribution in [2.45, 2.75) is 34.1 Å². The fraction of sp³-hybridized carbons (Fsp3) is 0.500. The predicted octanol–water partition coefficient (Wildman–Crippen LogP) is 4.41. The third-order valence-electron chi connectivity index (χ3n) is 1.73. The van der Waals surface area contributed by atoms with Crippen LogP contribution in [0.15, 0.2) is 35.7 Å². The summed E-state index contributed by atoms with van der Waals surface area (Å²) < 4.78 is 13.0. The van der Waals surface area contributed by atoms with Gasteiger partial charge in [-0.2, -0.15) is 0 Å². The highest BCUT2D eigenvalue weighted by atomic mass is 19.1. The van der Waals surface area contributed by atoms with Crippen molar-refractivity contribution in [2.75, 3.05) is 0 Å². The third kappa shape index (κ3) is 6.32. The van der Waals surface area contributed by atoms with E-state index in [0.717, 1.165) is 12.0 Å².